The maximum Gasteiger partial charge on any atom is 0.334 e. The van der Waals surface area contributed by atoms with Gasteiger partial charge in [0.2, 0.25) is 0 Å². The van der Waals surface area contributed by atoms with Gasteiger partial charge in [-0.1, -0.05) is 0 Å². The molecular weight excluding hydrogens is 300 g/mol. The van der Waals surface area contributed by atoms with Gasteiger partial charge in [0.15, 0.2) is 0 Å². The van der Waals surface area contributed by atoms with Gasteiger partial charge in [-0.3, -0.25) is 35.1 Å². The van der Waals surface area contributed by atoms with Crippen LogP contribution in [0.2, 0.25) is 0 Å². The van der Waals surface area contributed by atoms with Crippen LogP contribution in [0.5, 0.6) is 0 Å². The molecule has 0 atom stereocenters. The third-order valence-electron chi connectivity index (χ3n) is 3.27. The first-order valence-electron chi connectivity index (χ1n) is 5.77. The van der Waals surface area contributed by atoms with Crippen LogP contribution in [0.4, 0.5) is 17.1 Å². The van der Waals surface area contributed by atoms with Crippen molar-refractivity contribution < 1.29 is 14.8 Å². The van der Waals surface area contributed by atoms with Gasteiger partial charge in [0, 0.05) is 13.1 Å². The van der Waals surface area contributed by atoms with Crippen LogP contribution in [0.15, 0.2) is 16.9 Å². The minimum Gasteiger partial charge on any atom is -0.305 e. The van der Waals surface area contributed by atoms with Gasteiger partial charge in [-0.15, -0.1) is 0 Å². The SMILES string of the molecule is Cc1c([N+](=O)[O-])cc([N+](=O)[O-])c2cc([N+](=O)[O-])c(=O)n(C)c12. The molecule has 1 aromatic carbocycles. The van der Waals surface area contributed by atoms with Crippen molar-refractivity contribution in [1.29, 1.82) is 0 Å². The molecule has 0 saturated heterocycles. The van der Waals surface area contributed by atoms with Crippen LogP contribution in [-0.2, 0) is 7.05 Å². The lowest BCUT2D eigenvalue weighted by molar-refractivity contribution is -0.393. The fourth-order valence-corrected chi connectivity index (χ4v) is 2.28. The van der Waals surface area contributed by atoms with Crippen molar-refractivity contribution in [3.63, 3.8) is 0 Å². The first-order chi connectivity index (χ1) is 10.2. The first kappa shape index (κ1) is 15.0. The number of nitro benzene ring substituents is 2. The van der Waals surface area contributed by atoms with E-state index in [1.54, 1.807) is 0 Å². The maximum atomic E-state index is 11.9. The molecule has 0 spiro atoms. The summed E-state index contributed by atoms with van der Waals surface area (Å²) in [5.74, 6) is 0. The molecule has 0 radical (unpaired) electrons. The van der Waals surface area contributed by atoms with Crippen LogP contribution in [-0.4, -0.2) is 19.3 Å². The Bertz CT molecular complexity index is 915. The largest absolute Gasteiger partial charge is 0.334 e. The Hall–Kier alpha value is -3.37. The summed E-state index contributed by atoms with van der Waals surface area (Å²) in [5, 5.41) is 32.8. The molecule has 0 aliphatic rings. The molecular formula is C11H8N4O7. The van der Waals surface area contributed by atoms with Crippen LogP contribution >= 0.6 is 0 Å². The molecule has 0 N–H and O–H groups in total. The molecule has 1 aromatic heterocycles. The van der Waals surface area contributed by atoms with Crippen molar-refractivity contribution in [2.45, 2.75) is 6.92 Å². The summed E-state index contributed by atoms with van der Waals surface area (Å²) in [6, 6.07) is 1.50. The zero-order valence-electron chi connectivity index (χ0n) is 11.3. The molecule has 22 heavy (non-hydrogen) atoms. The summed E-state index contributed by atoms with van der Waals surface area (Å²) in [7, 11) is 1.16. The predicted octanol–water partition coefficient (Wildman–Crippen LogP) is 1.57. The van der Waals surface area contributed by atoms with E-state index in [-0.39, 0.29) is 16.5 Å². The number of fused-ring (bicyclic) bond motifs is 1. The minimum absolute atomic E-state index is 0.0140. The third-order valence-corrected chi connectivity index (χ3v) is 3.27. The first-order valence-corrected chi connectivity index (χ1v) is 5.77. The summed E-state index contributed by atoms with van der Waals surface area (Å²) in [6.45, 7) is 1.31. The second-order valence-electron chi connectivity index (χ2n) is 4.47. The number of non-ortho nitro benzene ring substituents is 1. The number of aromatic nitrogens is 1. The Morgan fingerprint density at radius 1 is 0.909 bits per heavy atom. The Labute approximate surface area is 120 Å². The molecule has 0 fully saturated rings. The number of hydrogen-bond donors (Lipinski definition) is 0. The zero-order chi connectivity index (χ0) is 16.8. The van der Waals surface area contributed by atoms with Crippen molar-refractivity contribution in [2.75, 3.05) is 0 Å². The highest BCUT2D eigenvalue weighted by Crippen LogP contribution is 2.35. The van der Waals surface area contributed by atoms with E-state index < -0.39 is 37.4 Å². The van der Waals surface area contributed by atoms with Gasteiger partial charge in [-0.2, -0.15) is 0 Å². The summed E-state index contributed by atoms with van der Waals surface area (Å²) in [5.41, 5.74) is -3.13. The molecule has 2 aromatic rings. The molecule has 2 rings (SSSR count). The van der Waals surface area contributed by atoms with Crippen LogP contribution < -0.4 is 5.56 Å². The van der Waals surface area contributed by atoms with E-state index in [2.05, 4.69) is 0 Å². The fraction of sp³-hybridized carbons (Fsp3) is 0.182. The predicted molar refractivity (Wildman–Crippen MR) is 73.9 cm³/mol. The fourth-order valence-electron chi connectivity index (χ4n) is 2.28. The van der Waals surface area contributed by atoms with E-state index in [0.29, 0.717) is 0 Å². The van der Waals surface area contributed by atoms with Crippen molar-refractivity contribution in [3.05, 3.63) is 58.4 Å². The number of hydrogen-bond acceptors (Lipinski definition) is 7. The number of aryl methyl sites for hydroxylation is 2. The van der Waals surface area contributed by atoms with E-state index in [9.17, 15) is 35.1 Å². The quantitative estimate of drug-likeness (QED) is 0.616. The standard InChI is InChI=1S/C11H8N4O7/c1-5-7(13(17)18)4-8(14(19)20)6-3-9(15(21)22)11(16)12(2)10(5)6/h3-4H,1-2H3. The third kappa shape index (κ3) is 2.04. The maximum absolute atomic E-state index is 11.9. The summed E-state index contributed by atoms with van der Waals surface area (Å²) in [4.78, 5) is 42.2. The smallest absolute Gasteiger partial charge is 0.305 e. The molecule has 0 aliphatic heterocycles. The van der Waals surface area contributed by atoms with Crippen molar-refractivity contribution in [3.8, 4) is 0 Å². The van der Waals surface area contributed by atoms with Gasteiger partial charge in [-0.25, -0.2) is 0 Å². The molecule has 0 bridgehead atoms. The zero-order valence-corrected chi connectivity index (χ0v) is 11.3. The van der Waals surface area contributed by atoms with E-state index in [4.69, 9.17) is 0 Å². The molecule has 114 valence electrons. The highest BCUT2D eigenvalue weighted by molar-refractivity contribution is 5.94. The van der Waals surface area contributed by atoms with Crippen LogP contribution in [0.3, 0.4) is 0 Å². The number of nitrogens with zero attached hydrogens (tertiary/aromatic N) is 4. The normalized spacial score (nSPS) is 10.6. The molecule has 0 aliphatic carbocycles. The van der Waals surface area contributed by atoms with E-state index >= 15 is 0 Å². The Morgan fingerprint density at radius 2 is 1.41 bits per heavy atom. The van der Waals surface area contributed by atoms with E-state index in [1.165, 1.54) is 6.92 Å². The number of rotatable bonds is 3. The Kier molecular flexibility index (Phi) is 3.33. The monoisotopic (exact) mass is 308 g/mol. The molecule has 11 heteroatoms. The topological polar surface area (TPSA) is 151 Å². The van der Waals surface area contributed by atoms with Gasteiger partial charge in [0.05, 0.1) is 37.3 Å². The summed E-state index contributed by atoms with van der Waals surface area (Å²) >= 11 is 0. The second-order valence-corrected chi connectivity index (χ2v) is 4.47. The summed E-state index contributed by atoms with van der Waals surface area (Å²) < 4.78 is 0.808. The van der Waals surface area contributed by atoms with Crippen LogP contribution in [0.1, 0.15) is 5.56 Å². The van der Waals surface area contributed by atoms with Gasteiger partial charge >= 0.3 is 11.2 Å². The highest BCUT2D eigenvalue weighted by atomic mass is 16.6. The molecule has 0 saturated carbocycles. The van der Waals surface area contributed by atoms with Crippen molar-refractivity contribution >= 4 is 28.0 Å². The average molecular weight is 308 g/mol. The number of benzene rings is 1. The average Bonchev–Trinajstić information content (AvgIpc) is 2.41. The van der Waals surface area contributed by atoms with Gasteiger partial charge in [0.1, 0.15) is 0 Å². The molecule has 0 unspecified atom stereocenters. The lowest BCUT2D eigenvalue weighted by Crippen LogP contribution is -2.21. The van der Waals surface area contributed by atoms with Crippen molar-refractivity contribution in [2.24, 2.45) is 7.05 Å². The lowest BCUT2D eigenvalue weighted by Gasteiger charge is -2.09. The second kappa shape index (κ2) is 4.87. The molecule has 11 nitrogen and oxygen atoms in total. The molecule has 1 heterocycles. The number of pyridine rings is 1. The lowest BCUT2D eigenvalue weighted by atomic mass is 10.1. The van der Waals surface area contributed by atoms with Gasteiger partial charge in [-0.05, 0) is 6.92 Å². The Morgan fingerprint density at radius 3 is 1.86 bits per heavy atom. The number of nitro groups is 3. The van der Waals surface area contributed by atoms with Gasteiger partial charge in [0.25, 0.3) is 11.4 Å². The molecule has 0 amide bonds. The van der Waals surface area contributed by atoms with E-state index in [1.807, 2.05) is 0 Å². The van der Waals surface area contributed by atoms with Gasteiger partial charge < -0.3 is 4.57 Å². The van der Waals surface area contributed by atoms with E-state index in [0.717, 1.165) is 23.7 Å². The Balaban J connectivity index is 3.16. The highest BCUT2D eigenvalue weighted by Gasteiger charge is 2.28. The minimum atomic E-state index is -1.00. The summed E-state index contributed by atoms with van der Waals surface area (Å²) in [6.07, 6.45) is 0. The van der Waals surface area contributed by atoms with Crippen LogP contribution in [0, 0.1) is 37.3 Å². The van der Waals surface area contributed by atoms with Crippen molar-refractivity contribution in [1.82, 2.24) is 4.57 Å². The van der Waals surface area contributed by atoms with Crippen LogP contribution in [0.25, 0.3) is 10.9 Å².